The second-order valence-corrected chi connectivity index (χ2v) is 5.36. The van der Waals surface area contributed by atoms with Gasteiger partial charge in [-0.05, 0) is 41.8 Å². The summed E-state index contributed by atoms with van der Waals surface area (Å²) in [6.45, 7) is 0. The normalized spacial score (nSPS) is 10.9. The average Bonchev–Trinajstić information content (AvgIpc) is 2.79. The first kappa shape index (κ1) is 12.9. The third-order valence-electron chi connectivity index (χ3n) is 2.83. The highest BCUT2D eigenvalue weighted by Crippen LogP contribution is 2.28. The van der Waals surface area contributed by atoms with Crippen LogP contribution in [0.3, 0.4) is 0 Å². The zero-order chi connectivity index (χ0) is 14.3. The van der Waals surface area contributed by atoms with E-state index in [1.54, 1.807) is 6.07 Å². The van der Waals surface area contributed by atoms with Gasteiger partial charge in [-0.25, -0.2) is 13.2 Å². The van der Waals surface area contributed by atoms with E-state index in [0.29, 0.717) is 16.3 Å². The summed E-state index contributed by atoms with van der Waals surface area (Å²) in [4.78, 5) is 12.5. The molecule has 0 atom stereocenters. The molecule has 20 heavy (non-hydrogen) atoms. The van der Waals surface area contributed by atoms with Gasteiger partial charge in [0, 0.05) is 16.3 Å². The highest BCUT2D eigenvalue weighted by Gasteiger charge is 2.15. The fourth-order valence-corrected chi connectivity index (χ4v) is 2.96. The summed E-state index contributed by atoms with van der Waals surface area (Å²) >= 11 is 1.16. The first-order valence-electron chi connectivity index (χ1n) is 5.73. The maximum atomic E-state index is 13.1. The van der Waals surface area contributed by atoms with Crippen LogP contribution in [-0.4, -0.2) is 5.78 Å². The third-order valence-corrected chi connectivity index (χ3v) is 3.94. The Bertz CT molecular complexity index is 803. The van der Waals surface area contributed by atoms with Gasteiger partial charge < -0.3 is 0 Å². The minimum atomic E-state index is -0.805. The van der Waals surface area contributed by atoms with E-state index >= 15 is 0 Å². The molecule has 0 radical (unpaired) electrons. The summed E-state index contributed by atoms with van der Waals surface area (Å²) in [5, 5.41) is 0.593. The first-order valence-corrected chi connectivity index (χ1v) is 6.54. The minimum Gasteiger partial charge on any atom is -0.288 e. The van der Waals surface area contributed by atoms with E-state index in [1.165, 1.54) is 18.2 Å². The molecule has 100 valence electrons. The molecule has 1 heterocycles. The van der Waals surface area contributed by atoms with E-state index in [1.807, 2.05) is 0 Å². The Hall–Kier alpha value is -2.14. The average molecular weight is 292 g/mol. The molecule has 0 saturated heterocycles. The topological polar surface area (TPSA) is 17.1 Å². The summed E-state index contributed by atoms with van der Waals surface area (Å²) in [7, 11) is 0. The lowest BCUT2D eigenvalue weighted by Crippen LogP contribution is -2.00. The van der Waals surface area contributed by atoms with Crippen molar-refractivity contribution in [3.8, 4) is 0 Å². The molecule has 2 aromatic carbocycles. The first-order chi connectivity index (χ1) is 9.52. The molecule has 5 heteroatoms. The molecule has 0 unspecified atom stereocenters. The van der Waals surface area contributed by atoms with Crippen LogP contribution in [0.4, 0.5) is 13.2 Å². The van der Waals surface area contributed by atoms with Crippen molar-refractivity contribution in [1.82, 2.24) is 0 Å². The SMILES string of the molecule is O=C(c1cc(F)cc(F)c1)c1cc2cc(F)ccc2s1. The Kier molecular flexibility index (Phi) is 3.06. The highest BCUT2D eigenvalue weighted by molar-refractivity contribution is 7.21. The monoisotopic (exact) mass is 292 g/mol. The van der Waals surface area contributed by atoms with Gasteiger partial charge in [-0.3, -0.25) is 4.79 Å². The number of hydrogen-bond acceptors (Lipinski definition) is 2. The molecule has 0 aliphatic heterocycles. The number of thiophene rings is 1. The van der Waals surface area contributed by atoms with Crippen LogP contribution in [0.5, 0.6) is 0 Å². The van der Waals surface area contributed by atoms with Crippen molar-refractivity contribution < 1.29 is 18.0 Å². The molecule has 1 aromatic heterocycles. The summed E-state index contributed by atoms with van der Waals surface area (Å²) < 4.78 is 40.1. The zero-order valence-electron chi connectivity index (χ0n) is 9.99. The molecule has 0 saturated carbocycles. The highest BCUT2D eigenvalue weighted by atomic mass is 32.1. The molecule has 3 aromatic rings. The fraction of sp³-hybridized carbons (Fsp3) is 0. The molecule has 3 rings (SSSR count). The number of hydrogen-bond donors (Lipinski definition) is 0. The smallest absolute Gasteiger partial charge is 0.203 e. The predicted molar refractivity (Wildman–Crippen MR) is 71.6 cm³/mol. The lowest BCUT2D eigenvalue weighted by Gasteiger charge is -1.98. The van der Waals surface area contributed by atoms with Crippen molar-refractivity contribution in [2.45, 2.75) is 0 Å². The molecule has 1 nitrogen and oxygen atoms in total. The Morgan fingerprint density at radius 2 is 1.55 bits per heavy atom. The quantitative estimate of drug-likeness (QED) is 0.633. The van der Waals surface area contributed by atoms with E-state index in [-0.39, 0.29) is 5.56 Å². The fourth-order valence-electron chi connectivity index (χ4n) is 1.95. The van der Waals surface area contributed by atoms with E-state index in [4.69, 9.17) is 0 Å². The Morgan fingerprint density at radius 3 is 2.25 bits per heavy atom. The lowest BCUT2D eigenvalue weighted by molar-refractivity contribution is 0.104. The van der Waals surface area contributed by atoms with Gasteiger partial charge in [-0.1, -0.05) is 0 Å². The molecule has 0 fully saturated rings. The molecule has 0 aliphatic rings. The minimum absolute atomic E-state index is 0.0606. The second kappa shape index (κ2) is 4.76. The summed E-state index contributed by atoms with van der Waals surface area (Å²) in [6, 6.07) is 8.38. The third kappa shape index (κ3) is 2.32. The van der Waals surface area contributed by atoms with Crippen LogP contribution < -0.4 is 0 Å². The second-order valence-electron chi connectivity index (χ2n) is 4.28. The van der Waals surface area contributed by atoms with Gasteiger partial charge in [0.05, 0.1) is 4.88 Å². The number of fused-ring (bicyclic) bond motifs is 1. The number of rotatable bonds is 2. The van der Waals surface area contributed by atoms with Gasteiger partial charge in [-0.15, -0.1) is 11.3 Å². The van der Waals surface area contributed by atoms with Crippen molar-refractivity contribution in [1.29, 1.82) is 0 Å². The largest absolute Gasteiger partial charge is 0.288 e. The molecular weight excluding hydrogens is 285 g/mol. The number of benzene rings is 2. The van der Waals surface area contributed by atoms with Crippen LogP contribution in [0.2, 0.25) is 0 Å². The predicted octanol–water partition coefficient (Wildman–Crippen LogP) is 4.55. The standard InChI is InChI=1S/C15H7F3OS/c16-10-1-2-13-8(3-10)6-14(20-13)15(19)9-4-11(17)7-12(18)5-9/h1-7H. The van der Waals surface area contributed by atoms with Gasteiger partial charge in [0.1, 0.15) is 17.5 Å². The van der Waals surface area contributed by atoms with E-state index in [2.05, 4.69) is 0 Å². The van der Waals surface area contributed by atoms with Gasteiger partial charge in [0.25, 0.3) is 0 Å². The number of ketones is 1. The Labute approximate surface area is 116 Å². The van der Waals surface area contributed by atoms with Crippen LogP contribution in [0.15, 0.2) is 42.5 Å². The van der Waals surface area contributed by atoms with Crippen LogP contribution in [0.1, 0.15) is 15.2 Å². The summed E-state index contributed by atoms with van der Waals surface area (Å²) in [5.74, 6) is -2.49. The van der Waals surface area contributed by atoms with Crippen molar-refractivity contribution in [2.75, 3.05) is 0 Å². The van der Waals surface area contributed by atoms with Crippen LogP contribution >= 0.6 is 11.3 Å². The zero-order valence-corrected chi connectivity index (χ0v) is 10.8. The van der Waals surface area contributed by atoms with E-state index in [9.17, 15) is 18.0 Å². The molecule has 0 aliphatic carbocycles. The van der Waals surface area contributed by atoms with Gasteiger partial charge in [-0.2, -0.15) is 0 Å². The Morgan fingerprint density at radius 1 is 0.850 bits per heavy atom. The van der Waals surface area contributed by atoms with Crippen LogP contribution in [0.25, 0.3) is 10.1 Å². The van der Waals surface area contributed by atoms with Crippen molar-refractivity contribution in [3.63, 3.8) is 0 Å². The number of halogens is 3. The van der Waals surface area contributed by atoms with Crippen molar-refractivity contribution in [3.05, 3.63) is 70.4 Å². The summed E-state index contributed by atoms with van der Waals surface area (Å²) in [6.07, 6.45) is 0. The summed E-state index contributed by atoms with van der Waals surface area (Å²) in [5.41, 5.74) is -0.0606. The van der Waals surface area contributed by atoms with Crippen molar-refractivity contribution in [2.24, 2.45) is 0 Å². The van der Waals surface area contributed by atoms with Crippen LogP contribution in [-0.2, 0) is 0 Å². The lowest BCUT2D eigenvalue weighted by atomic mass is 10.1. The molecule has 0 N–H and O–H groups in total. The number of carbonyl (C=O) groups is 1. The molecular formula is C15H7F3OS. The van der Waals surface area contributed by atoms with E-state index < -0.39 is 23.2 Å². The maximum Gasteiger partial charge on any atom is 0.203 e. The molecule has 0 amide bonds. The number of carbonyl (C=O) groups excluding carboxylic acids is 1. The van der Waals surface area contributed by atoms with Crippen molar-refractivity contribution >= 4 is 27.2 Å². The molecule has 0 spiro atoms. The van der Waals surface area contributed by atoms with Gasteiger partial charge in [0.2, 0.25) is 5.78 Å². The van der Waals surface area contributed by atoms with Gasteiger partial charge >= 0.3 is 0 Å². The molecule has 0 bridgehead atoms. The van der Waals surface area contributed by atoms with Crippen LogP contribution in [0, 0.1) is 17.5 Å². The maximum absolute atomic E-state index is 13.1. The Balaban J connectivity index is 2.07. The van der Waals surface area contributed by atoms with E-state index in [0.717, 1.165) is 28.2 Å². The van der Waals surface area contributed by atoms with Gasteiger partial charge in [0.15, 0.2) is 0 Å².